The first kappa shape index (κ1) is 23.0. The number of para-hydroxylation sites is 2. The molecule has 0 saturated carbocycles. The molecule has 9 nitrogen and oxygen atoms in total. The van der Waals surface area contributed by atoms with Crippen LogP contribution in [0.15, 0.2) is 71.8 Å². The third kappa shape index (κ3) is 5.95. The number of aromatic hydroxyl groups is 1. The van der Waals surface area contributed by atoms with Crippen molar-refractivity contribution in [2.24, 2.45) is 5.10 Å². The van der Waals surface area contributed by atoms with E-state index in [4.69, 9.17) is 4.74 Å². The van der Waals surface area contributed by atoms with Crippen LogP contribution in [0.2, 0.25) is 0 Å². The minimum Gasteiger partial charge on any atom is -0.504 e. The molecule has 0 radical (unpaired) electrons. The molecule has 0 spiro atoms. The first-order valence-electron chi connectivity index (χ1n) is 9.86. The summed E-state index contributed by atoms with van der Waals surface area (Å²) >= 11 is 0. The molecular weight excluding hydrogens is 424 g/mol. The van der Waals surface area contributed by atoms with Crippen LogP contribution in [0.25, 0.3) is 0 Å². The van der Waals surface area contributed by atoms with Crippen LogP contribution in [0.4, 0.5) is 11.4 Å². The molecule has 0 unspecified atom stereocenters. The lowest BCUT2D eigenvalue weighted by atomic mass is 10.1. The average Bonchev–Trinajstić information content (AvgIpc) is 2.80. The Labute approximate surface area is 190 Å². The summed E-state index contributed by atoms with van der Waals surface area (Å²) in [7, 11) is 1.40. The van der Waals surface area contributed by atoms with Gasteiger partial charge in [-0.1, -0.05) is 30.3 Å². The summed E-state index contributed by atoms with van der Waals surface area (Å²) < 4.78 is 5.00. The molecule has 0 aliphatic rings. The Hall–Kier alpha value is -4.66. The maximum Gasteiger partial charge on any atom is 0.329 e. The van der Waals surface area contributed by atoms with Crippen LogP contribution in [0.3, 0.4) is 0 Å². The largest absolute Gasteiger partial charge is 0.504 e. The van der Waals surface area contributed by atoms with Gasteiger partial charge in [-0.25, -0.2) is 5.43 Å². The summed E-state index contributed by atoms with van der Waals surface area (Å²) in [6, 6.07) is 18.3. The Balaban J connectivity index is 1.65. The zero-order valence-electron chi connectivity index (χ0n) is 18.0. The van der Waals surface area contributed by atoms with Gasteiger partial charge in [0.15, 0.2) is 11.5 Å². The summed E-state index contributed by atoms with van der Waals surface area (Å²) in [5, 5.41) is 18.9. The predicted octanol–water partition coefficient (Wildman–Crippen LogP) is 3.05. The van der Waals surface area contributed by atoms with Crippen LogP contribution in [0.5, 0.6) is 11.5 Å². The first-order valence-corrected chi connectivity index (χ1v) is 9.86. The van der Waals surface area contributed by atoms with Crippen molar-refractivity contribution >= 4 is 35.3 Å². The molecule has 0 heterocycles. The van der Waals surface area contributed by atoms with Crippen LogP contribution < -0.4 is 20.8 Å². The molecule has 0 saturated heterocycles. The van der Waals surface area contributed by atoms with E-state index in [2.05, 4.69) is 21.2 Å². The first-order chi connectivity index (χ1) is 15.9. The Kier molecular flexibility index (Phi) is 7.38. The third-order valence-electron chi connectivity index (χ3n) is 4.52. The summed E-state index contributed by atoms with van der Waals surface area (Å²) in [5.74, 6) is -2.43. The summed E-state index contributed by atoms with van der Waals surface area (Å²) in [6.45, 7) is 1.90. The number of methoxy groups -OCH3 is 1. The average molecular weight is 446 g/mol. The van der Waals surface area contributed by atoms with Crippen molar-refractivity contribution in [3.8, 4) is 11.5 Å². The van der Waals surface area contributed by atoms with Gasteiger partial charge in [0.05, 0.1) is 24.6 Å². The van der Waals surface area contributed by atoms with Crippen molar-refractivity contribution in [2.75, 3.05) is 17.7 Å². The van der Waals surface area contributed by atoms with Gasteiger partial charge in [-0.2, -0.15) is 5.10 Å². The van der Waals surface area contributed by atoms with Gasteiger partial charge < -0.3 is 20.5 Å². The monoisotopic (exact) mass is 446 g/mol. The number of nitrogens with one attached hydrogen (secondary N) is 3. The van der Waals surface area contributed by atoms with Gasteiger partial charge in [-0.3, -0.25) is 14.4 Å². The number of aryl methyl sites for hydroxylation is 1. The number of hydrazone groups is 1. The number of ether oxygens (including phenoxy) is 1. The van der Waals surface area contributed by atoms with Crippen molar-refractivity contribution in [3.05, 3.63) is 83.4 Å². The number of nitrogens with zero attached hydrogens (tertiary/aromatic N) is 1. The Morgan fingerprint density at radius 3 is 2.45 bits per heavy atom. The van der Waals surface area contributed by atoms with E-state index < -0.39 is 17.7 Å². The summed E-state index contributed by atoms with van der Waals surface area (Å²) in [5.41, 5.74) is 4.30. The minimum absolute atomic E-state index is 0.156. The van der Waals surface area contributed by atoms with E-state index in [1.165, 1.54) is 25.5 Å². The molecule has 0 bridgehead atoms. The van der Waals surface area contributed by atoms with Crippen LogP contribution in [0.1, 0.15) is 21.5 Å². The van der Waals surface area contributed by atoms with Gasteiger partial charge in [0.25, 0.3) is 5.91 Å². The predicted molar refractivity (Wildman–Crippen MR) is 125 cm³/mol. The zero-order chi connectivity index (χ0) is 23.8. The van der Waals surface area contributed by atoms with Crippen molar-refractivity contribution < 1.29 is 24.2 Å². The minimum atomic E-state index is -1.05. The van der Waals surface area contributed by atoms with Crippen LogP contribution in [-0.4, -0.2) is 36.2 Å². The number of anilines is 2. The van der Waals surface area contributed by atoms with Crippen LogP contribution in [0, 0.1) is 6.92 Å². The highest BCUT2D eigenvalue weighted by Crippen LogP contribution is 2.27. The Morgan fingerprint density at radius 1 is 0.939 bits per heavy atom. The fourth-order valence-corrected chi connectivity index (χ4v) is 2.91. The number of phenols is 1. The standard InChI is InChI=1S/C24H22N4O5/c1-15-7-5-9-17(13-15)26-22(30)18-10-3-4-11-19(18)27-23(31)24(32)28-25-14-16-8-6-12-20(33-2)21(16)29/h3-14,29H,1-2H3,(H,26,30)(H,27,31)(H,28,32). The number of amides is 3. The quantitative estimate of drug-likeness (QED) is 0.263. The maximum atomic E-state index is 12.7. The van der Waals surface area contributed by atoms with Crippen molar-refractivity contribution in [2.45, 2.75) is 6.92 Å². The van der Waals surface area contributed by atoms with E-state index in [0.29, 0.717) is 5.69 Å². The zero-order valence-corrected chi connectivity index (χ0v) is 18.0. The SMILES string of the molecule is COc1cccc(C=NNC(=O)C(=O)Nc2ccccc2C(=O)Nc2cccc(C)c2)c1O. The lowest BCUT2D eigenvalue weighted by Gasteiger charge is -2.11. The lowest BCUT2D eigenvalue weighted by Crippen LogP contribution is -2.33. The van der Waals surface area contributed by atoms with E-state index in [1.807, 2.05) is 25.1 Å². The van der Waals surface area contributed by atoms with E-state index in [9.17, 15) is 19.5 Å². The van der Waals surface area contributed by atoms with E-state index in [1.54, 1.807) is 36.4 Å². The molecule has 4 N–H and O–H groups in total. The van der Waals surface area contributed by atoms with Gasteiger partial charge in [0.2, 0.25) is 0 Å². The van der Waals surface area contributed by atoms with Gasteiger partial charge in [0.1, 0.15) is 0 Å². The fraction of sp³-hybridized carbons (Fsp3) is 0.0833. The molecule has 168 valence electrons. The van der Waals surface area contributed by atoms with Crippen molar-refractivity contribution in [1.29, 1.82) is 0 Å². The molecule has 33 heavy (non-hydrogen) atoms. The summed E-state index contributed by atoms with van der Waals surface area (Å²) in [4.78, 5) is 37.1. The van der Waals surface area contributed by atoms with E-state index in [0.717, 1.165) is 5.56 Å². The van der Waals surface area contributed by atoms with Crippen LogP contribution >= 0.6 is 0 Å². The van der Waals surface area contributed by atoms with Gasteiger partial charge in [-0.05, 0) is 48.9 Å². The number of rotatable bonds is 6. The van der Waals surface area contributed by atoms with Gasteiger partial charge >= 0.3 is 11.8 Å². The third-order valence-corrected chi connectivity index (χ3v) is 4.52. The van der Waals surface area contributed by atoms with Gasteiger partial charge in [0, 0.05) is 11.3 Å². The number of benzene rings is 3. The normalized spacial score (nSPS) is 10.5. The van der Waals surface area contributed by atoms with Crippen LogP contribution in [-0.2, 0) is 9.59 Å². The molecule has 3 rings (SSSR count). The van der Waals surface area contributed by atoms with E-state index >= 15 is 0 Å². The number of hydrogen-bond donors (Lipinski definition) is 4. The molecule has 0 aliphatic carbocycles. The second-order valence-electron chi connectivity index (χ2n) is 6.92. The molecule has 9 heteroatoms. The number of carbonyl (C=O) groups excluding carboxylic acids is 3. The molecule has 0 atom stereocenters. The second kappa shape index (κ2) is 10.6. The maximum absolute atomic E-state index is 12.7. The number of carbonyl (C=O) groups is 3. The molecule has 3 aromatic carbocycles. The number of hydrogen-bond acceptors (Lipinski definition) is 6. The highest BCUT2D eigenvalue weighted by Gasteiger charge is 2.18. The lowest BCUT2D eigenvalue weighted by molar-refractivity contribution is -0.136. The smallest absolute Gasteiger partial charge is 0.329 e. The second-order valence-corrected chi connectivity index (χ2v) is 6.92. The van der Waals surface area contributed by atoms with E-state index in [-0.39, 0.29) is 28.3 Å². The fourth-order valence-electron chi connectivity index (χ4n) is 2.91. The number of phenolic OH excluding ortho intramolecular Hbond substituents is 1. The summed E-state index contributed by atoms with van der Waals surface area (Å²) in [6.07, 6.45) is 1.17. The Bertz CT molecular complexity index is 1220. The molecule has 0 aliphatic heterocycles. The topological polar surface area (TPSA) is 129 Å². The van der Waals surface area contributed by atoms with Crippen molar-refractivity contribution in [1.82, 2.24) is 5.43 Å². The molecular formula is C24H22N4O5. The molecule has 0 aromatic heterocycles. The van der Waals surface area contributed by atoms with Crippen molar-refractivity contribution in [3.63, 3.8) is 0 Å². The molecule has 0 fully saturated rings. The highest BCUT2D eigenvalue weighted by atomic mass is 16.5. The van der Waals surface area contributed by atoms with Gasteiger partial charge in [-0.15, -0.1) is 0 Å². The molecule has 3 amide bonds. The highest BCUT2D eigenvalue weighted by molar-refractivity contribution is 6.40. The molecule has 3 aromatic rings. The Morgan fingerprint density at radius 2 is 1.70 bits per heavy atom.